The first-order chi connectivity index (χ1) is 13.3. The van der Waals surface area contributed by atoms with E-state index in [2.05, 4.69) is 9.78 Å². The second kappa shape index (κ2) is 9.51. The second-order valence-corrected chi connectivity index (χ2v) is 6.17. The molecule has 1 aromatic heterocycles. The predicted octanol–water partition coefficient (Wildman–Crippen LogP) is 2.87. The van der Waals surface area contributed by atoms with Crippen molar-refractivity contribution < 1.29 is 43.5 Å². The number of rotatable bonds is 8. The Labute approximate surface area is 163 Å². The zero-order chi connectivity index (χ0) is 20.7. The van der Waals surface area contributed by atoms with Crippen LogP contribution in [0.4, 0.5) is 0 Å². The Morgan fingerprint density at radius 1 is 0.857 bits per heavy atom. The summed E-state index contributed by atoms with van der Waals surface area (Å²) in [5.74, 6) is -3.82. The standard InChI is InChI=1S/C18H16O9S/c1-4-23-18(22)17-15(27-25-11(3)20)14(26-24-10(2)19)16(28-17)13(21)12-8-6-5-7-9-12/h5-9H,4H2,1-3H3. The number of esters is 1. The van der Waals surface area contributed by atoms with Gasteiger partial charge in [0, 0.05) is 19.4 Å². The highest BCUT2D eigenvalue weighted by Gasteiger charge is 2.33. The van der Waals surface area contributed by atoms with Gasteiger partial charge < -0.3 is 4.74 Å². The first kappa shape index (κ1) is 20.9. The summed E-state index contributed by atoms with van der Waals surface area (Å²) in [6.07, 6.45) is 0. The lowest BCUT2D eigenvalue weighted by Crippen LogP contribution is -2.10. The van der Waals surface area contributed by atoms with E-state index in [-0.39, 0.29) is 21.9 Å². The second-order valence-electron chi connectivity index (χ2n) is 5.15. The maximum absolute atomic E-state index is 12.9. The highest BCUT2D eigenvalue weighted by Crippen LogP contribution is 2.44. The van der Waals surface area contributed by atoms with Crippen LogP contribution >= 0.6 is 11.3 Å². The molecule has 2 aromatic rings. The molecule has 0 saturated carbocycles. The lowest BCUT2D eigenvalue weighted by molar-refractivity contribution is -0.223. The van der Waals surface area contributed by atoms with E-state index in [9.17, 15) is 19.2 Å². The fourth-order valence-corrected chi connectivity index (χ4v) is 2.95. The summed E-state index contributed by atoms with van der Waals surface area (Å²) < 4.78 is 4.93. The fourth-order valence-electron chi connectivity index (χ4n) is 1.95. The van der Waals surface area contributed by atoms with E-state index in [1.54, 1.807) is 37.3 Å². The molecule has 10 heteroatoms. The molecule has 28 heavy (non-hydrogen) atoms. The van der Waals surface area contributed by atoms with Gasteiger partial charge in [-0.3, -0.25) is 24.3 Å². The van der Waals surface area contributed by atoms with Crippen molar-refractivity contribution in [1.82, 2.24) is 0 Å². The summed E-state index contributed by atoms with van der Waals surface area (Å²) >= 11 is 0.684. The molecular formula is C18H16O9S. The number of thiophene rings is 1. The number of ether oxygens (including phenoxy) is 1. The van der Waals surface area contributed by atoms with Gasteiger partial charge >= 0.3 is 17.9 Å². The van der Waals surface area contributed by atoms with Crippen LogP contribution in [-0.2, 0) is 24.1 Å². The smallest absolute Gasteiger partial charge is 0.352 e. The monoisotopic (exact) mass is 408 g/mol. The van der Waals surface area contributed by atoms with Gasteiger partial charge in [-0.15, -0.1) is 11.3 Å². The molecule has 0 radical (unpaired) electrons. The van der Waals surface area contributed by atoms with E-state index in [1.165, 1.54) is 0 Å². The van der Waals surface area contributed by atoms with Gasteiger partial charge in [0.05, 0.1) is 6.61 Å². The van der Waals surface area contributed by atoms with Gasteiger partial charge in [-0.2, -0.15) is 0 Å². The van der Waals surface area contributed by atoms with Crippen LogP contribution < -0.4 is 9.78 Å². The Morgan fingerprint density at radius 3 is 1.89 bits per heavy atom. The number of carbonyl (C=O) groups excluding carboxylic acids is 4. The Morgan fingerprint density at radius 2 is 1.39 bits per heavy atom. The summed E-state index contributed by atoms with van der Waals surface area (Å²) in [5, 5.41) is 0. The maximum atomic E-state index is 12.9. The summed E-state index contributed by atoms with van der Waals surface area (Å²) in [7, 11) is 0. The summed E-state index contributed by atoms with van der Waals surface area (Å²) in [6.45, 7) is 3.78. The molecule has 0 fully saturated rings. The van der Waals surface area contributed by atoms with E-state index in [1.807, 2.05) is 0 Å². The molecule has 0 amide bonds. The number of hydrogen-bond acceptors (Lipinski definition) is 10. The number of carbonyl (C=O) groups is 4. The lowest BCUT2D eigenvalue weighted by atomic mass is 10.1. The Kier molecular flexibility index (Phi) is 7.10. The van der Waals surface area contributed by atoms with Crippen molar-refractivity contribution in [1.29, 1.82) is 0 Å². The third-order valence-corrected chi connectivity index (χ3v) is 4.14. The minimum Gasteiger partial charge on any atom is -0.462 e. The van der Waals surface area contributed by atoms with Gasteiger partial charge in [-0.25, -0.2) is 14.4 Å². The largest absolute Gasteiger partial charge is 0.462 e. The quantitative estimate of drug-likeness (QED) is 0.281. The number of benzene rings is 1. The average molecular weight is 408 g/mol. The molecular weight excluding hydrogens is 392 g/mol. The van der Waals surface area contributed by atoms with E-state index in [0.717, 1.165) is 13.8 Å². The molecule has 0 spiro atoms. The number of hydrogen-bond donors (Lipinski definition) is 0. The minimum atomic E-state index is -0.838. The van der Waals surface area contributed by atoms with Crippen molar-refractivity contribution in [3.63, 3.8) is 0 Å². The van der Waals surface area contributed by atoms with Crippen molar-refractivity contribution in [2.24, 2.45) is 0 Å². The van der Waals surface area contributed by atoms with Gasteiger partial charge in [0.2, 0.25) is 11.5 Å². The van der Waals surface area contributed by atoms with Gasteiger partial charge in [0.1, 0.15) is 4.88 Å². The van der Waals surface area contributed by atoms with Crippen LogP contribution in [0.3, 0.4) is 0 Å². The van der Waals surface area contributed by atoms with E-state index in [0.29, 0.717) is 11.3 Å². The third kappa shape index (κ3) is 5.07. The third-order valence-electron chi connectivity index (χ3n) is 3.01. The summed E-state index contributed by atoms with van der Waals surface area (Å²) in [4.78, 5) is 65.9. The predicted molar refractivity (Wildman–Crippen MR) is 94.9 cm³/mol. The van der Waals surface area contributed by atoms with E-state index >= 15 is 0 Å². The van der Waals surface area contributed by atoms with Crippen LogP contribution in [-0.4, -0.2) is 30.3 Å². The van der Waals surface area contributed by atoms with E-state index in [4.69, 9.17) is 14.5 Å². The average Bonchev–Trinajstić information content (AvgIpc) is 3.03. The minimum absolute atomic E-state index is 0.0475. The molecule has 0 N–H and O–H groups in total. The van der Waals surface area contributed by atoms with Crippen molar-refractivity contribution in [3.05, 3.63) is 45.6 Å². The molecule has 1 heterocycles. The van der Waals surface area contributed by atoms with Crippen LogP contribution in [0.15, 0.2) is 30.3 Å². The van der Waals surface area contributed by atoms with Gasteiger partial charge in [-0.05, 0) is 6.92 Å². The van der Waals surface area contributed by atoms with Gasteiger partial charge in [-0.1, -0.05) is 30.3 Å². The van der Waals surface area contributed by atoms with E-state index < -0.39 is 35.2 Å². The SMILES string of the molecule is CCOC(=O)c1sc(C(=O)c2ccccc2)c(OOC(C)=O)c1OOC(C)=O. The summed E-state index contributed by atoms with van der Waals surface area (Å²) in [6, 6.07) is 8.12. The molecule has 9 nitrogen and oxygen atoms in total. The molecule has 0 aliphatic rings. The Hall–Kier alpha value is -3.40. The fraction of sp³-hybridized carbons (Fsp3) is 0.222. The molecule has 0 unspecified atom stereocenters. The van der Waals surface area contributed by atoms with Crippen molar-refractivity contribution in [2.45, 2.75) is 20.8 Å². The molecule has 0 saturated heterocycles. The maximum Gasteiger partial charge on any atom is 0.352 e. The van der Waals surface area contributed by atoms with Crippen LogP contribution in [0, 0.1) is 0 Å². The van der Waals surface area contributed by atoms with Crippen molar-refractivity contribution >= 4 is 35.0 Å². The first-order valence-corrected chi connectivity index (χ1v) is 8.80. The first-order valence-electron chi connectivity index (χ1n) is 7.99. The molecule has 0 aliphatic heterocycles. The Balaban J connectivity index is 2.58. The van der Waals surface area contributed by atoms with Crippen LogP contribution in [0.25, 0.3) is 0 Å². The zero-order valence-electron chi connectivity index (χ0n) is 15.2. The highest BCUT2D eigenvalue weighted by molar-refractivity contribution is 7.17. The normalized spacial score (nSPS) is 9.96. The molecule has 148 valence electrons. The highest BCUT2D eigenvalue weighted by atomic mass is 32.1. The van der Waals surface area contributed by atoms with Gasteiger partial charge in [0.25, 0.3) is 5.75 Å². The zero-order valence-corrected chi connectivity index (χ0v) is 16.0. The van der Waals surface area contributed by atoms with Gasteiger partial charge in [0.15, 0.2) is 4.88 Å². The summed E-state index contributed by atoms with van der Waals surface area (Å²) in [5.41, 5.74) is 0.283. The van der Waals surface area contributed by atoms with Crippen LogP contribution in [0.1, 0.15) is 45.7 Å². The molecule has 0 aliphatic carbocycles. The lowest BCUT2D eigenvalue weighted by Gasteiger charge is -2.07. The van der Waals surface area contributed by atoms with Crippen LogP contribution in [0.5, 0.6) is 11.5 Å². The molecule has 1 aromatic carbocycles. The van der Waals surface area contributed by atoms with Crippen molar-refractivity contribution in [3.8, 4) is 11.5 Å². The molecule has 2 rings (SSSR count). The topological polar surface area (TPSA) is 114 Å². The Bertz CT molecular complexity index is 886. The number of ketones is 1. The van der Waals surface area contributed by atoms with Crippen LogP contribution in [0.2, 0.25) is 0 Å². The molecule has 0 atom stereocenters. The van der Waals surface area contributed by atoms with Crippen molar-refractivity contribution in [2.75, 3.05) is 6.61 Å². The molecule has 0 bridgehead atoms.